The van der Waals surface area contributed by atoms with Gasteiger partial charge in [-0.05, 0) is 73.6 Å². The van der Waals surface area contributed by atoms with Crippen molar-refractivity contribution in [2.45, 2.75) is 93.9 Å². The molecule has 7 rings (SSSR count). The molecule has 0 bridgehead atoms. The number of hydrogen-bond acceptors (Lipinski definition) is 6. The zero-order valence-corrected chi connectivity index (χ0v) is 30.9. The summed E-state index contributed by atoms with van der Waals surface area (Å²) in [6.07, 6.45) is 7.30. The third kappa shape index (κ3) is 8.08. The van der Waals surface area contributed by atoms with Crippen molar-refractivity contribution in [3.05, 3.63) is 108 Å². The molecule has 0 radical (unpaired) electrons. The molecule has 1 aliphatic carbocycles. The van der Waals surface area contributed by atoms with Crippen LogP contribution in [-0.4, -0.2) is 106 Å². The number of rotatable bonds is 11. The zero-order valence-electron chi connectivity index (χ0n) is 30.9. The maximum absolute atomic E-state index is 14.7. The van der Waals surface area contributed by atoms with E-state index in [2.05, 4.69) is 10.2 Å². The number of piperidine rings is 1. The molecule has 53 heavy (non-hydrogen) atoms. The van der Waals surface area contributed by atoms with Crippen LogP contribution in [0.15, 0.2) is 91.0 Å². The van der Waals surface area contributed by atoms with Crippen LogP contribution in [0.4, 0.5) is 0 Å². The molecule has 3 N–H and O–H groups in total. The van der Waals surface area contributed by atoms with E-state index in [0.29, 0.717) is 31.8 Å². The Bertz CT molecular complexity index is 1570. The molecule has 3 saturated heterocycles. The zero-order chi connectivity index (χ0) is 36.8. The second-order valence-electron chi connectivity index (χ2n) is 15.9. The summed E-state index contributed by atoms with van der Waals surface area (Å²) in [7, 11) is 0. The fourth-order valence-electron chi connectivity index (χ4n) is 9.71. The summed E-state index contributed by atoms with van der Waals surface area (Å²) in [6, 6.07) is 27.7. The lowest BCUT2D eigenvalue weighted by atomic mass is 9.67. The summed E-state index contributed by atoms with van der Waals surface area (Å²) in [5.74, 6) is 0.146. The number of amides is 3. The molecule has 4 aliphatic rings. The van der Waals surface area contributed by atoms with Gasteiger partial charge in [0.25, 0.3) is 0 Å². The van der Waals surface area contributed by atoms with Gasteiger partial charge in [-0.15, -0.1) is 0 Å². The highest BCUT2D eigenvalue weighted by Gasteiger charge is 2.51. The van der Waals surface area contributed by atoms with Crippen molar-refractivity contribution < 1.29 is 24.6 Å². The second-order valence-corrected chi connectivity index (χ2v) is 15.9. The number of nitrogens with zero attached hydrogens (tertiary/aromatic N) is 3. The van der Waals surface area contributed by atoms with Crippen LogP contribution in [0.3, 0.4) is 0 Å². The standard InChI is InChI=1S/C44H56N4O5/c49-38-31-48(39(50)27-44(34-18-7-2-8-19-34,35-20-9-3-10-21-35)36-22-11-4-12-23-36)40(41(38)51)43(53)47-26-14-24-37(47)42(52)45-28-33-17-13-25-46(30-33)29-32-15-5-1-6-16-32/h2-4,7-12,18-23,32-33,37-38,40-41,49,51H,1,5-6,13-17,24-31H2,(H,45,52)/t33-,37-,38+,40+,41+/m1/s1. The first-order valence-corrected chi connectivity index (χ1v) is 20.0. The Morgan fingerprint density at radius 1 is 0.660 bits per heavy atom. The smallest absolute Gasteiger partial charge is 0.248 e. The monoisotopic (exact) mass is 720 g/mol. The molecule has 3 amide bonds. The number of hydrogen-bond donors (Lipinski definition) is 3. The third-order valence-corrected chi connectivity index (χ3v) is 12.5. The van der Waals surface area contributed by atoms with Crippen LogP contribution in [0.2, 0.25) is 0 Å². The fourth-order valence-corrected chi connectivity index (χ4v) is 9.71. The number of carbonyl (C=O) groups excluding carboxylic acids is 3. The van der Waals surface area contributed by atoms with Crippen molar-refractivity contribution >= 4 is 17.7 Å². The predicted molar refractivity (Wildman–Crippen MR) is 205 cm³/mol. The number of β-amino-alcohol motifs (C(OH)–C–C–N with tert-alkyl or cyclic N) is 1. The first-order chi connectivity index (χ1) is 25.8. The first-order valence-electron chi connectivity index (χ1n) is 20.0. The second kappa shape index (κ2) is 17.0. The average Bonchev–Trinajstić information content (AvgIpc) is 3.82. The quantitative estimate of drug-likeness (QED) is 0.247. The Morgan fingerprint density at radius 3 is 1.83 bits per heavy atom. The molecule has 0 unspecified atom stereocenters. The first kappa shape index (κ1) is 37.3. The Labute approximate surface area is 314 Å². The van der Waals surface area contributed by atoms with Crippen LogP contribution in [0, 0.1) is 11.8 Å². The Morgan fingerprint density at radius 2 is 1.23 bits per heavy atom. The van der Waals surface area contributed by atoms with Gasteiger partial charge >= 0.3 is 0 Å². The van der Waals surface area contributed by atoms with Crippen LogP contribution < -0.4 is 5.32 Å². The van der Waals surface area contributed by atoms with E-state index < -0.39 is 35.6 Å². The van der Waals surface area contributed by atoms with E-state index in [0.717, 1.165) is 55.1 Å². The van der Waals surface area contributed by atoms with Gasteiger partial charge in [0, 0.05) is 32.6 Å². The summed E-state index contributed by atoms with van der Waals surface area (Å²) < 4.78 is 0. The van der Waals surface area contributed by atoms with Gasteiger partial charge in [0.15, 0.2) is 0 Å². The van der Waals surface area contributed by atoms with E-state index in [-0.39, 0.29) is 24.8 Å². The van der Waals surface area contributed by atoms with Crippen LogP contribution in [0.5, 0.6) is 0 Å². The van der Waals surface area contributed by atoms with Crippen molar-refractivity contribution in [3.63, 3.8) is 0 Å². The van der Waals surface area contributed by atoms with Crippen LogP contribution in [0.25, 0.3) is 0 Å². The lowest BCUT2D eigenvalue weighted by Crippen LogP contribution is -2.56. The van der Waals surface area contributed by atoms with Crippen LogP contribution in [0.1, 0.15) is 80.9 Å². The van der Waals surface area contributed by atoms with E-state index in [1.54, 1.807) is 0 Å². The van der Waals surface area contributed by atoms with E-state index in [1.807, 2.05) is 91.0 Å². The summed E-state index contributed by atoms with van der Waals surface area (Å²) in [4.78, 5) is 48.3. The largest absolute Gasteiger partial charge is 0.388 e. The van der Waals surface area contributed by atoms with Gasteiger partial charge in [-0.2, -0.15) is 0 Å². The molecule has 3 aliphatic heterocycles. The molecule has 3 heterocycles. The number of carbonyl (C=O) groups is 3. The van der Waals surface area contributed by atoms with Gasteiger partial charge < -0.3 is 30.2 Å². The SMILES string of the molecule is O=C(NC[C@H]1CCCN(CC2CCCCC2)C1)[C@H]1CCCN1C(=O)[C@@H]1[C@@H](O)[C@@H](O)CN1C(=O)CC(c1ccccc1)(c1ccccc1)c1ccccc1. The van der Waals surface area contributed by atoms with Crippen LogP contribution >= 0.6 is 0 Å². The Balaban J connectivity index is 1.07. The highest BCUT2D eigenvalue weighted by Crippen LogP contribution is 2.43. The number of aliphatic hydroxyl groups excluding tert-OH is 2. The normalized spacial score (nSPS) is 25.7. The van der Waals surface area contributed by atoms with Gasteiger partial charge in [-0.1, -0.05) is 110 Å². The molecular weight excluding hydrogens is 665 g/mol. The number of benzene rings is 3. The number of likely N-dealkylation sites (tertiary alicyclic amines) is 3. The molecule has 0 aromatic heterocycles. The van der Waals surface area contributed by atoms with Gasteiger partial charge in [0.1, 0.15) is 18.2 Å². The molecule has 3 aromatic rings. The minimum Gasteiger partial charge on any atom is -0.388 e. The number of aliphatic hydroxyl groups is 2. The van der Waals surface area contributed by atoms with Crippen molar-refractivity contribution in [1.82, 2.24) is 20.0 Å². The summed E-state index contributed by atoms with van der Waals surface area (Å²) >= 11 is 0. The van der Waals surface area contributed by atoms with Crippen molar-refractivity contribution in [2.24, 2.45) is 11.8 Å². The van der Waals surface area contributed by atoms with Crippen molar-refractivity contribution in [2.75, 3.05) is 39.3 Å². The molecule has 282 valence electrons. The average molecular weight is 721 g/mol. The molecule has 4 fully saturated rings. The summed E-state index contributed by atoms with van der Waals surface area (Å²) in [5.41, 5.74) is 1.84. The molecule has 9 nitrogen and oxygen atoms in total. The Kier molecular flexibility index (Phi) is 11.9. The van der Waals surface area contributed by atoms with Crippen molar-refractivity contribution in [3.8, 4) is 0 Å². The molecular formula is C44H56N4O5. The molecule has 5 atom stereocenters. The summed E-state index contributed by atoms with van der Waals surface area (Å²) in [6.45, 7) is 4.04. The Hall–Kier alpha value is -4.05. The van der Waals surface area contributed by atoms with E-state index in [1.165, 1.54) is 41.9 Å². The number of nitrogens with one attached hydrogen (secondary N) is 1. The van der Waals surface area contributed by atoms with E-state index in [4.69, 9.17) is 0 Å². The molecule has 1 saturated carbocycles. The molecule has 9 heteroatoms. The van der Waals surface area contributed by atoms with Crippen molar-refractivity contribution in [1.29, 1.82) is 0 Å². The molecule has 0 spiro atoms. The fraction of sp³-hybridized carbons (Fsp3) is 0.523. The van der Waals surface area contributed by atoms with E-state index in [9.17, 15) is 24.6 Å². The molecule has 3 aromatic carbocycles. The highest BCUT2D eigenvalue weighted by atomic mass is 16.3. The third-order valence-electron chi connectivity index (χ3n) is 12.5. The van der Waals surface area contributed by atoms with Gasteiger partial charge in [-0.3, -0.25) is 14.4 Å². The van der Waals surface area contributed by atoms with Crippen LogP contribution in [-0.2, 0) is 19.8 Å². The van der Waals surface area contributed by atoms with Gasteiger partial charge in [-0.25, -0.2) is 0 Å². The summed E-state index contributed by atoms with van der Waals surface area (Å²) in [5, 5.41) is 25.4. The topological polar surface area (TPSA) is 113 Å². The minimum atomic E-state index is -1.47. The minimum absolute atomic E-state index is 0.0304. The van der Waals surface area contributed by atoms with Gasteiger partial charge in [0.05, 0.1) is 18.1 Å². The predicted octanol–water partition coefficient (Wildman–Crippen LogP) is 4.74. The highest BCUT2D eigenvalue weighted by molar-refractivity contribution is 5.94. The maximum atomic E-state index is 14.7. The maximum Gasteiger partial charge on any atom is 0.248 e. The van der Waals surface area contributed by atoms with E-state index >= 15 is 0 Å². The van der Waals surface area contributed by atoms with Gasteiger partial charge in [0.2, 0.25) is 17.7 Å². The lowest BCUT2D eigenvalue weighted by Gasteiger charge is -2.38. The lowest BCUT2D eigenvalue weighted by molar-refractivity contribution is -0.149.